The zero-order valence-electron chi connectivity index (χ0n) is 9.20. The van der Waals surface area contributed by atoms with Crippen LogP contribution in [0.25, 0.3) is 11.1 Å². The molecule has 90 valence electrons. The molecule has 0 unspecified atom stereocenters. The third-order valence-corrected chi connectivity index (χ3v) is 2.47. The second-order valence-corrected chi connectivity index (χ2v) is 3.61. The third-order valence-electron chi connectivity index (χ3n) is 2.47. The van der Waals surface area contributed by atoms with Crippen molar-refractivity contribution in [3.05, 3.63) is 53.9 Å². The molecule has 18 heavy (non-hydrogen) atoms. The number of rotatable bonds is 3. The molecule has 2 rings (SSSR count). The van der Waals surface area contributed by atoms with Crippen molar-refractivity contribution in [3.63, 3.8) is 0 Å². The fraction of sp³-hybridized carbons (Fsp3) is 0. The zero-order valence-corrected chi connectivity index (χ0v) is 9.20. The number of carboxylic acid groups (broad SMARTS) is 2. The Morgan fingerprint density at radius 3 is 2.50 bits per heavy atom. The van der Waals surface area contributed by atoms with Gasteiger partial charge in [-0.15, -0.1) is 0 Å². The Kier molecular flexibility index (Phi) is 3.05. The van der Waals surface area contributed by atoms with Crippen LogP contribution in [0, 0.1) is 0 Å². The van der Waals surface area contributed by atoms with Crippen LogP contribution in [0.4, 0.5) is 0 Å². The van der Waals surface area contributed by atoms with Gasteiger partial charge in [-0.1, -0.05) is 12.1 Å². The van der Waals surface area contributed by atoms with E-state index in [0.717, 1.165) is 0 Å². The largest absolute Gasteiger partial charge is 0.478 e. The predicted molar refractivity (Wildman–Crippen MR) is 63.6 cm³/mol. The van der Waals surface area contributed by atoms with Crippen molar-refractivity contribution in [2.24, 2.45) is 0 Å². The molecule has 5 nitrogen and oxygen atoms in total. The van der Waals surface area contributed by atoms with Crippen molar-refractivity contribution < 1.29 is 19.8 Å². The number of hydrogen-bond acceptors (Lipinski definition) is 3. The van der Waals surface area contributed by atoms with Gasteiger partial charge in [-0.25, -0.2) is 9.59 Å². The van der Waals surface area contributed by atoms with Crippen molar-refractivity contribution in [2.75, 3.05) is 0 Å². The fourth-order valence-corrected chi connectivity index (χ4v) is 1.63. The molecule has 0 aliphatic rings. The van der Waals surface area contributed by atoms with E-state index in [1.807, 2.05) is 0 Å². The Bertz CT molecular complexity index is 622. The molecule has 0 radical (unpaired) electrons. The van der Waals surface area contributed by atoms with Gasteiger partial charge in [-0.05, 0) is 23.8 Å². The van der Waals surface area contributed by atoms with E-state index in [9.17, 15) is 9.59 Å². The topological polar surface area (TPSA) is 87.5 Å². The van der Waals surface area contributed by atoms with Crippen LogP contribution in [0.3, 0.4) is 0 Å². The van der Waals surface area contributed by atoms with Crippen LogP contribution < -0.4 is 0 Å². The van der Waals surface area contributed by atoms with Gasteiger partial charge in [0.15, 0.2) is 0 Å². The maximum absolute atomic E-state index is 11.1. The Morgan fingerprint density at radius 1 is 1.06 bits per heavy atom. The van der Waals surface area contributed by atoms with E-state index in [-0.39, 0.29) is 11.1 Å². The van der Waals surface area contributed by atoms with Gasteiger partial charge in [0.2, 0.25) is 0 Å². The van der Waals surface area contributed by atoms with Crippen LogP contribution >= 0.6 is 0 Å². The molecule has 0 aliphatic heterocycles. The first-order valence-electron chi connectivity index (χ1n) is 5.10. The fourth-order valence-electron chi connectivity index (χ4n) is 1.63. The lowest BCUT2D eigenvalue weighted by Gasteiger charge is -2.06. The second-order valence-electron chi connectivity index (χ2n) is 3.61. The highest BCUT2D eigenvalue weighted by Crippen LogP contribution is 2.23. The Labute approximate surface area is 102 Å². The minimum Gasteiger partial charge on any atom is -0.478 e. The van der Waals surface area contributed by atoms with Crippen LogP contribution in [0.15, 0.2) is 42.7 Å². The molecule has 1 heterocycles. The Morgan fingerprint density at radius 2 is 1.83 bits per heavy atom. The Hall–Kier alpha value is -2.69. The molecule has 1 aromatic heterocycles. The average molecular weight is 243 g/mol. The summed E-state index contributed by atoms with van der Waals surface area (Å²) >= 11 is 0. The van der Waals surface area contributed by atoms with Crippen molar-refractivity contribution in [3.8, 4) is 11.1 Å². The van der Waals surface area contributed by atoms with E-state index in [4.69, 9.17) is 10.2 Å². The second kappa shape index (κ2) is 4.67. The minimum atomic E-state index is -1.08. The summed E-state index contributed by atoms with van der Waals surface area (Å²) in [5, 5.41) is 18.0. The smallest absolute Gasteiger partial charge is 0.336 e. The molecular weight excluding hydrogens is 234 g/mol. The SMILES string of the molecule is O=C(O)c1cccc(-c2cnccc2C(=O)O)c1. The molecule has 0 spiro atoms. The first kappa shape index (κ1) is 11.8. The number of carbonyl (C=O) groups is 2. The van der Waals surface area contributed by atoms with E-state index >= 15 is 0 Å². The molecule has 5 heteroatoms. The van der Waals surface area contributed by atoms with Gasteiger partial charge in [-0.3, -0.25) is 4.98 Å². The maximum atomic E-state index is 11.1. The van der Waals surface area contributed by atoms with E-state index in [1.54, 1.807) is 12.1 Å². The third kappa shape index (κ3) is 2.20. The molecule has 1 aromatic carbocycles. The average Bonchev–Trinajstić information content (AvgIpc) is 2.39. The number of aromatic nitrogens is 1. The minimum absolute atomic E-state index is 0.0903. The molecule has 2 N–H and O–H groups in total. The number of aromatic carboxylic acids is 2. The molecule has 0 saturated carbocycles. The molecule has 0 bridgehead atoms. The quantitative estimate of drug-likeness (QED) is 0.862. The summed E-state index contributed by atoms with van der Waals surface area (Å²) in [7, 11) is 0. The van der Waals surface area contributed by atoms with Gasteiger partial charge in [0.1, 0.15) is 0 Å². The van der Waals surface area contributed by atoms with Crippen molar-refractivity contribution >= 4 is 11.9 Å². The van der Waals surface area contributed by atoms with Crippen molar-refractivity contribution in [1.29, 1.82) is 0 Å². The van der Waals surface area contributed by atoms with E-state index in [1.165, 1.54) is 30.6 Å². The molecule has 0 saturated heterocycles. The molecular formula is C13H9NO4. The lowest BCUT2D eigenvalue weighted by Crippen LogP contribution is -2.01. The molecule has 0 amide bonds. The van der Waals surface area contributed by atoms with Crippen LogP contribution in [-0.2, 0) is 0 Å². The number of hydrogen-bond donors (Lipinski definition) is 2. The summed E-state index contributed by atoms with van der Waals surface area (Å²) < 4.78 is 0. The molecule has 0 atom stereocenters. The van der Waals surface area contributed by atoms with E-state index < -0.39 is 11.9 Å². The summed E-state index contributed by atoms with van der Waals surface area (Å²) in [5.41, 5.74) is 1.11. The Balaban J connectivity index is 2.58. The summed E-state index contributed by atoms with van der Waals surface area (Å²) in [4.78, 5) is 25.8. The highest BCUT2D eigenvalue weighted by Gasteiger charge is 2.12. The van der Waals surface area contributed by atoms with Crippen LogP contribution in [0.1, 0.15) is 20.7 Å². The van der Waals surface area contributed by atoms with Crippen LogP contribution in [0.2, 0.25) is 0 Å². The van der Waals surface area contributed by atoms with Gasteiger partial charge < -0.3 is 10.2 Å². The van der Waals surface area contributed by atoms with Gasteiger partial charge >= 0.3 is 11.9 Å². The standard InChI is InChI=1S/C13H9NO4/c15-12(16)9-3-1-2-8(6-9)11-7-14-5-4-10(11)13(17)18/h1-7H,(H,15,16)(H,17,18). The van der Waals surface area contributed by atoms with Gasteiger partial charge in [0, 0.05) is 18.0 Å². The van der Waals surface area contributed by atoms with Crippen molar-refractivity contribution in [1.82, 2.24) is 4.98 Å². The predicted octanol–water partition coefficient (Wildman–Crippen LogP) is 2.14. The zero-order chi connectivity index (χ0) is 13.1. The van der Waals surface area contributed by atoms with Gasteiger partial charge in [0.05, 0.1) is 11.1 Å². The maximum Gasteiger partial charge on any atom is 0.336 e. The number of nitrogens with zero attached hydrogens (tertiary/aromatic N) is 1. The molecule has 0 fully saturated rings. The molecule has 2 aromatic rings. The first-order valence-corrected chi connectivity index (χ1v) is 5.10. The van der Waals surface area contributed by atoms with Crippen LogP contribution in [0.5, 0.6) is 0 Å². The lowest BCUT2D eigenvalue weighted by atomic mass is 10.0. The highest BCUT2D eigenvalue weighted by atomic mass is 16.4. The highest BCUT2D eigenvalue weighted by molar-refractivity contribution is 5.97. The van der Waals surface area contributed by atoms with Gasteiger partial charge in [-0.2, -0.15) is 0 Å². The van der Waals surface area contributed by atoms with E-state index in [2.05, 4.69) is 4.98 Å². The normalized spacial score (nSPS) is 10.0. The van der Waals surface area contributed by atoms with Crippen molar-refractivity contribution in [2.45, 2.75) is 0 Å². The van der Waals surface area contributed by atoms with Gasteiger partial charge in [0.25, 0.3) is 0 Å². The number of carboxylic acids is 2. The number of benzene rings is 1. The first-order chi connectivity index (χ1) is 8.59. The summed E-state index contributed by atoms with van der Waals surface area (Å²) in [6.07, 6.45) is 2.79. The summed E-state index contributed by atoms with van der Waals surface area (Å²) in [6, 6.07) is 7.47. The monoisotopic (exact) mass is 243 g/mol. The molecule has 0 aliphatic carbocycles. The lowest BCUT2D eigenvalue weighted by molar-refractivity contribution is 0.0687. The summed E-state index contributed by atoms with van der Waals surface area (Å²) in [5.74, 6) is -2.13. The number of pyridine rings is 1. The summed E-state index contributed by atoms with van der Waals surface area (Å²) in [6.45, 7) is 0. The van der Waals surface area contributed by atoms with Crippen LogP contribution in [-0.4, -0.2) is 27.1 Å². The van der Waals surface area contributed by atoms with E-state index in [0.29, 0.717) is 11.1 Å².